The van der Waals surface area contributed by atoms with Crippen molar-refractivity contribution < 1.29 is 9.53 Å². The molecule has 2 atom stereocenters. The van der Waals surface area contributed by atoms with E-state index in [1.807, 2.05) is 39.0 Å². The zero-order chi connectivity index (χ0) is 13.0. The van der Waals surface area contributed by atoms with Crippen molar-refractivity contribution in [2.45, 2.75) is 26.8 Å². The molecule has 0 radical (unpaired) electrons. The molecule has 17 heavy (non-hydrogen) atoms. The van der Waals surface area contributed by atoms with Crippen molar-refractivity contribution in [2.24, 2.45) is 5.92 Å². The van der Waals surface area contributed by atoms with Crippen LogP contribution >= 0.6 is 11.6 Å². The lowest BCUT2D eigenvalue weighted by Crippen LogP contribution is -2.31. The van der Waals surface area contributed by atoms with Crippen LogP contribution in [0.5, 0.6) is 0 Å². The van der Waals surface area contributed by atoms with Crippen molar-refractivity contribution in [3.8, 4) is 0 Å². The van der Waals surface area contributed by atoms with E-state index in [1.54, 1.807) is 0 Å². The largest absolute Gasteiger partial charge is 0.469 e. The molecule has 4 heteroatoms. The summed E-state index contributed by atoms with van der Waals surface area (Å²) in [5, 5.41) is 3.92. The van der Waals surface area contributed by atoms with Gasteiger partial charge >= 0.3 is 5.97 Å². The van der Waals surface area contributed by atoms with E-state index in [0.29, 0.717) is 5.02 Å². The number of methoxy groups -OCH3 is 1. The third-order valence-electron chi connectivity index (χ3n) is 2.92. The first-order valence-electron chi connectivity index (χ1n) is 5.56. The molecule has 0 aliphatic rings. The van der Waals surface area contributed by atoms with E-state index < -0.39 is 0 Å². The van der Waals surface area contributed by atoms with Crippen molar-refractivity contribution in [3.05, 3.63) is 28.8 Å². The van der Waals surface area contributed by atoms with Gasteiger partial charge in [0.2, 0.25) is 0 Å². The fourth-order valence-electron chi connectivity index (χ4n) is 1.56. The number of para-hydroxylation sites is 1. The second-order valence-electron chi connectivity index (χ2n) is 4.18. The minimum Gasteiger partial charge on any atom is -0.469 e. The van der Waals surface area contributed by atoms with Gasteiger partial charge in [0.05, 0.1) is 23.7 Å². The summed E-state index contributed by atoms with van der Waals surface area (Å²) in [7, 11) is 1.40. The summed E-state index contributed by atoms with van der Waals surface area (Å²) in [6.07, 6.45) is 0. The number of ether oxygens (including phenoxy) is 1. The van der Waals surface area contributed by atoms with Gasteiger partial charge in [-0.2, -0.15) is 0 Å². The molecular formula is C13H18ClNO2. The number of carbonyl (C=O) groups is 1. The van der Waals surface area contributed by atoms with Gasteiger partial charge in [-0.05, 0) is 32.4 Å². The van der Waals surface area contributed by atoms with Crippen molar-refractivity contribution in [1.29, 1.82) is 0 Å². The van der Waals surface area contributed by atoms with Crippen molar-refractivity contribution >= 4 is 23.3 Å². The minimum atomic E-state index is -0.227. The predicted octanol–water partition coefficient (Wildman–Crippen LogP) is 3.26. The average Bonchev–Trinajstić information content (AvgIpc) is 2.31. The SMILES string of the molecule is COC(=O)C(C)C(C)Nc1c(C)cccc1Cl. The van der Waals surface area contributed by atoms with Crippen LogP contribution in [-0.2, 0) is 9.53 Å². The molecule has 0 bridgehead atoms. The first kappa shape index (κ1) is 13.8. The Hall–Kier alpha value is -1.22. The van der Waals surface area contributed by atoms with Gasteiger partial charge in [-0.1, -0.05) is 23.7 Å². The van der Waals surface area contributed by atoms with Gasteiger partial charge in [0.15, 0.2) is 0 Å². The molecule has 0 saturated heterocycles. The zero-order valence-electron chi connectivity index (χ0n) is 10.6. The molecule has 0 aromatic heterocycles. The number of halogens is 1. The van der Waals surface area contributed by atoms with Crippen molar-refractivity contribution in [2.75, 3.05) is 12.4 Å². The molecule has 3 nitrogen and oxygen atoms in total. The van der Waals surface area contributed by atoms with Gasteiger partial charge in [-0.15, -0.1) is 0 Å². The number of hydrogen-bond acceptors (Lipinski definition) is 3. The highest BCUT2D eigenvalue weighted by Gasteiger charge is 2.21. The normalized spacial score (nSPS) is 13.9. The maximum Gasteiger partial charge on any atom is 0.310 e. The summed E-state index contributed by atoms with van der Waals surface area (Å²) in [6, 6.07) is 5.66. The number of nitrogens with one attached hydrogen (secondary N) is 1. The minimum absolute atomic E-state index is 0.0407. The lowest BCUT2D eigenvalue weighted by molar-refractivity contribution is -0.145. The molecule has 0 amide bonds. The van der Waals surface area contributed by atoms with Gasteiger partial charge in [-0.3, -0.25) is 4.79 Å². The molecule has 0 aliphatic heterocycles. The Kier molecular flexibility index (Phi) is 4.82. The van der Waals surface area contributed by atoms with E-state index in [4.69, 9.17) is 16.3 Å². The lowest BCUT2D eigenvalue weighted by atomic mass is 10.0. The highest BCUT2D eigenvalue weighted by atomic mass is 35.5. The maximum atomic E-state index is 11.4. The summed E-state index contributed by atoms with van der Waals surface area (Å²) < 4.78 is 4.72. The van der Waals surface area contributed by atoms with Gasteiger partial charge in [0.1, 0.15) is 0 Å². The summed E-state index contributed by atoms with van der Waals surface area (Å²) in [4.78, 5) is 11.4. The van der Waals surface area contributed by atoms with Crippen molar-refractivity contribution in [3.63, 3.8) is 0 Å². The number of carbonyl (C=O) groups excluding carboxylic acids is 1. The topological polar surface area (TPSA) is 38.3 Å². The fourth-order valence-corrected chi connectivity index (χ4v) is 1.83. The van der Waals surface area contributed by atoms with E-state index in [1.165, 1.54) is 7.11 Å². The third kappa shape index (κ3) is 3.37. The molecule has 0 heterocycles. The summed E-state index contributed by atoms with van der Waals surface area (Å²) in [5.41, 5.74) is 1.93. The Morgan fingerprint density at radius 2 is 2.06 bits per heavy atom. The lowest BCUT2D eigenvalue weighted by Gasteiger charge is -2.22. The second kappa shape index (κ2) is 5.92. The van der Waals surface area contributed by atoms with Gasteiger partial charge in [-0.25, -0.2) is 0 Å². The quantitative estimate of drug-likeness (QED) is 0.840. The fraction of sp³-hybridized carbons (Fsp3) is 0.462. The third-order valence-corrected chi connectivity index (χ3v) is 3.23. The smallest absolute Gasteiger partial charge is 0.310 e. The number of aryl methyl sites for hydroxylation is 1. The molecule has 1 aromatic carbocycles. The number of benzene rings is 1. The molecule has 0 saturated carbocycles. The molecule has 0 fully saturated rings. The number of rotatable bonds is 4. The first-order chi connectivity index (χ1) is 7.97. The Morgan fingerprint density at radius 1 is 1.41 bits per heavy atom. The average molecular weight is 256 g/mol. The monoisotopic (exact) mass is 255 g/mol. The van der Waals surface area contributed by atoms with Crippen LogP contribution in [0, 0.1) is 12.8 Å². The van der Waals surface area contributed by atoms with Crippen LogP contribution in [0.1, 0.15) is 19.4 Å². The molecule has 1 N–H and O–H groups in total. The Balaban J connectivity index is 2.81. The van der Waals surface area contributed by atoms with Gasteiger partial charge < -0.3 is 10.1 Å². The molecule has 0 spiro atoms. The van der Waals surface area contributed by atoms with Crippen LogP contribution in [-0.4, -0.2) is 19.1 Å². The van der Waals surface area contributed by atoms with Crippen LogP contribution in [0.15, 0.2) is 18.2 Å². The van der Waals surface area contributed by atoms with E-state index in [-0.39, 0.29) is 17.9 Å². The van der Waals surface area contributed by atoms with Crippen LogP contribution in [0.25, 0.3) is 0 Å². The molecular weight excluding hydrogens is 238 g/mol. The van der Waals surface area contributed by atoms with E-state index in [0.717, 1.165) is 11.3 Å². The Bertz CT molecular complexity index is 386. The van der Waals surface area contributed by atoms with Crippen LogP contribution < -0.4 is 5.32 Å². The van der Waals surface area contributed by atoms with Crippen molar-refractivity contribution in [1.82, 2.24) is 0 Å². The van der Waals surface area contributed by atoms with Gasteiger partial charge in [0.25, 0.3) is 0 Å². The number of esters is 1. The molecule has 94 valence electrons. The van der Waals surface area contributed by atoms with Crippen LogP contribution in [0.3, 0.4) is 0 Å². The van der Waals surface area contributed by atoms with Crippen LogP contribution in [0.2, 0.25) is 5.02 Å². The zero-order valence-corrected chi connectivity index (χ0v) is 11.3. The highest BCUT2D eigenvalue weighted by molar-refractivity contribution is 6.33. The molecule has 2 unspecified atom stereocenters. The maximum absolute atomic E-state index is 11.4. The Morgan fingerprint density at radius 3 is 2.59 bits per heavy atom. The molecule has 1 rings (SSSR count). The number of hydrogen-bond donors (Lipinski definition) is 1. The summed E-state index contributed by atoms with van der Waals surface area (Å²) in [5.74, 6) is -0.453. The summed E-state index contributed by atoms with van der Waals surface area (Å²) >= 11 is 6.11. The van der Waals surface area contributed by atoms with E-state index in [9.17, 15) is 4.79 Å². The summed E-state index contributed by atoms with van der Waals surface area (Å²) in [6.45, 7) is 5.74. The standard InChI is InChI=1S/C13H18ClNO2/c1-8-6-5-7-11(14)12(8)15-10(3)9(2)13(16)17-4/h5-7,9-10,15H,1-4H3. The van der Waals surface area contributed by atoms with E-state index in [2.05, 4.69) is 5.32 Å². The Labute approximate surface area is 107 Å². The molecule has 0 aliphatic carbocycles. The van der Waals surface area contributed by atoms with Gasteiger partial charge in [0, 0.05) is 6.04 Å². The highest BCUT2D eigenvalue weighted by Crippen LogP contribution is 2.27. The van der Waals surface area contributed by atoms with E-state index >= 15 is 0 Å². The first-order valence-corrected chi connectivity index (χ1v) is 5.94. The number of anilines is 1. The second-order valence-corrected chi connectivity index (χ2v) is 4.58. The molecule has 1 aromatic rings. The predicted molar refractivity (Wildman–Crippen MR) is 70.5 cm³/mol. The van der Waals surface area contributed by atoms with Crippen LogP contribution in [0.4, 0.5) is 5.69 Å².